The van der Waals surface area contributed by atoms with Gasteiger partial charge in [-0.1, -0.05) is 36.4 Å². The SMILES string of the molecule is Cc1nc2cccc(NC(=O)CCc3nc(-c4ccccc4)cs3)c2o1. The molecule has 0 aliphatic carbocycles. The molecule has 5 nitrogen and oxygen atoms in total. The van der Waals surface area contributed by atoms with Gasteiger partial charge >= 0.3 is 0 Å². The van der Waals surface area contributed by atoms with Crippen molar-refractivity contribution in [3.8, 4) is 11.3 Å². The first-order valence-corrected chi connectivity index (χ1v) is 9.23. The lowest BCUT2D eigenvalue weighted by molar-refractivity contribution is -0.116. The predicted molar refractivity (Wildman–Crippen MR) is 103 cm³/mol. The second-order valence-electron chi connectivity index (χ2n) is 5.93. The molecule has 2 heterocycles. The largest absolute Gasteiger partial charge is 0.439 e. The highest BCUT2D eigenvalue weighted by Gasteiger charge is 2.12. The summed E-state index contributed by atoms with van der Waals surface area (Å²) in [5.41, 5.74) is 4.05. The van der Waals surface area contributed by atoms with Gasteiger partial charge in [-0.2, -0.15) is 0 Å². The van der Waals surface area contributed by atoms with E-state index in [1.807, 2.05) is 53.9 Å². The molecule has 0 aliphatic rings. The van der Waals surface area contributed by atoms with Gasteiger partial charge in [0.1, 0.15) is 5.52 Å². The number of anilines is 1. The number of aromatic nitrogens is 2. The molecule has 0 radical (unpaired) electrons. The van der Waals surface area contributed by atoms with Gasteiger partial charge < -0.3 is 9.73 Å². The number of hydrogen-bond donors (Lipinski definition) is 1. The molecule has 1 N–H and O–H groups in total. The van der Waals surface area contributed by atoms with E-state index in [-0.39, 0.29) is 5.91 Å². The van der Waals surface area contributed by atoms with Crippen molar-refractivity contribution in [1.82, 2.24) is 9.97 Å². The Morgan fingerprint density at radius 2 is 1.96 bits per heavy atom. The third-order valence-electron chi connectivity index (χ3n) is 3.98. The summed E-state index contributed by atoms with van der Waals surface area (Å²) in [7, 11) is 0. The van der Waals surface area contributed by atoms with Crippen molar-refractivity contribution >= 4 is 34.0 Å². The Hall–Kier alpha value is -2.99. The number of aryl methyl sites for hydroxylation is 2. The smallest absolute Gasteiger partial charge is 0.224 e. The molecule has 0 bridgehead atoms. The molecule has 4 aromatic rings. The maximum atomic E-state index is 12.3. The highest BCUT2D eigenvalue weighted by molar-refractivity contribution is 7.09. The fourth-order valence-electron chi connectivity index (χ4n) is 2.76. The second kappa shape index (κ2) is 7.09. The molecule has 1 amide bonds. The summed E-state index contributed by atoms with van der Waals surface area (Å²) >= 11 is 1.58. The fraction of sp³-hybridized carbons (Fsp3) is 0.150. The molecule has 0 unspecified atom stereocenters. The Morgan fingerprint density at radius 1 is 1.12 bits per heavy atom. The van der Waals surface area contributed by atoms with Crippen LogP contribution in [0.3, 0.4) is 0 Å². The molecule has 0 spiro atoms. The summed E-state index contributed by atoms with van der Waals surface area (Å²) in [5.74, 6) is 0.515. The third kappa shape index (κ3) is 3.50. The number of nitrogens with zero attached hydrogens (tertiary/aromatic N) is 2. The Morgan fingerprint density at radius 3 is 2.81 bits per heavy atom. The molecule has 4 rings (SSSR count). The predicted octanol–water partition coefficient (Wildman–Crippen LogP) is 4.83. The highest BCUT2D eigenvalue weighted by atomic mass is 32.1. The van der Waals surface area contributed by atoms with E-state index in [0.29, 0.717) is 30.0 Å². The number of amides is 1. The maximum absolute atomic E-state index is 12.3. The van der Waals surface area contributed by atoms with Gasteiger partial charge in [0.05, 0.1) is 16.4 Å². The molecular formula is C20H17N3O2S. The Kier molecular flexibility index (Phi) is 4.50. The monoisotopic (exact) mass is 363 g/mol. The molecule has 2 aromatic carbocycles. The number of benzene rings is 2. The van der Waals surface area contributed by atoms with Crippen molar-refractivity contribution in [2.45, 2.75) is 19.8 Å². The van der Waals surface area contributed by atoms with Crippen LogP contribution in [0.15, 0.2) is 58.3 Å². The number of oxazole rings is 1. The van der Waals surface area contributed by atoms with Crippen LogP contribution in [0.5, 0.6) is 0 Å². The van der Waals surface area contributed by atoms with Crippen LogP contribution >= 0.6 is 11.3 Å². The lowest BCUT2D eigenvalue weighted by Gasteiger charge is -2.04. The molecule has 130 valence electrons. The minimum absolute atomic E-state index is 0.0667. The zero-order valence-corrected chi connectivity index (χ0v) is 15.0. The van der Waals surface area contributed by atoms with Crippen LogP contribution < -0.4 is 5.32 Å². The van der Waals surface area contributed by atoms with E-state index < -0.39 is 0 Å². The third-order valence-corrected chi connectivity index (χ3v) is 4.89. The molecule has 0 atom stereocenters. The molecular weight excluding hydrogens is 346 g/mol. The number of fused-ring (bicyclic) bond motifs is 1. The quantitative estimate of drug-likeness (QED) is 0.551. The van der Waals surface area contributed by atoms with Crippen LogP contribution in [0.1, 0.15) is 17.3 Å². The number of thiazole rings is 1. The summed E-state index contributed by atoms with van der Waals surface area (Å²) in [5, 5.41) is 5.89. The van der Waals surface area contributed by atoms with Gasteiger partial charge in [-0.15, -0.1) is 11.3 Å². The van der Waals surface area contributed by atoms with Crippen LogP contribution in [-0.2, 0) is 11.2 Å². The first kappa shape index (κ1) is 16.5. The average Bonchev–Trinajstić information content (AvgIpc) is 3.27. The Balaban J connectivity index is 1.40. The summed E-state index contributed by atoms with van der Waals surface area (Å²) in [4.78, 5) is 21.2. The lowest BCUT2D eigenvalue weighted by atomic mass is 10.2. The highest BCUT2D eigenvalue weighted by Crippen LogP contribution is 2.25. The zero-order valence-electron chi connectivity index (χ0n) is 14.2. The van der Waals surface area contributed by atoms with E-state index in [0.717, 1.165) is 21.8 Å². The van der Waals surface area contributed by atoms with Crippen molar-refractivity contribution in [2.75, 3.05) is 5.32 Å². The van der Waals surface area contributed by atoms with E-state index in [9.17, 15) is 4.79 Å². The van der Waals surface area contributed by atoms with Crippen LogP contribution in [0.2, 0.25) is 0 Å². The van der Waals surface area contributed by atoms with Gasteiger partial charge in [-0.25, -0.2) is 9.97 Å². The van der Waals surface area contributed by atoms with Gasteiger partial charge in [0, 0.05) is 30.7 Å². The molecule has 0 aliphatic heterocycles. The van der Waals surface area contributed by atoms with Crippen LogP contribution in [0.4, 0.5) is 5.69 Å². The topological polar surface area (TPSA) is 68.0 Å². The molecule has 0 saturated heterocycles. The molecule has 2 aromatic heterocycles. The van der Waals surface area contributed by atoms with Crippen LogP contribution in [0, 0.1) is 6.92 Å². The average molecular weight is 363 g/mol. The first-order chi connectivity index (χ1) is 12.7. The van der Waals surface area contributed by atoms with Crippen molar-refractivity contribution < 1.29 is 9.21 Å². The number of nitrogens with one attached hydrogen (secondary N) is 1. The minimum Gasteiger partial charge on any atom is -0.439 e. The second-order valence-corrected chi connectivity index (χ2v) is 6.87. The number of carbonyl (C=O) groups is 1. The van der Waals surface area contributed by atoms with E-state index in [2.05, 4.69) is 15.3 Å². The van der Waals surface area contributed by atoms with Crippen molar-refractivity contribution in [3.05, 3.63) is 64.8 Å². The normalized spacial score (nSPS) is 11.0. The number of hydrogen-bond acceptors (Lipinski definition) is 5. The standard InChI is InChI=1S/C20H17N3O2S/c1-13-21-15-8-5-9-16(20(15)25-13)22-18(24)10-11-19-23-17(12-26-19)14-6-3-2-4-7-14/h2-9,12H,10-11H2,1H3,(H,22,24). The van der Waals surface area contributed by atoms with Gasteiger partial charge in [-0.05, 0) is 12.1 Å². The maximum Gasteiger partial charge on any atom is 0.224 e. The van der Waals surface area contributed by atoms with Gasteiger partial charge in [0.15, 0.2) is 11.5 Å². The number of carbonyl (C=O) groups excluding carboxylic acids is 1. The van der Waals surface area contributed by atoms with Crippen molar-refractivity contribution in [2.24, 2.45) is 0 Å². The zero-order chi connectivity index (χ0) is 17.9. The first-order valence-electron chi connectivity index (χ1n) is 8.35. The van der Waals surface area contributed by atoms with Crippen LogP contribution in [-0.4, -0.2) is 15.9 Å². The fourth-order valence-corrected chi connectivity index (χ4v) is 3.57. The number of para-hydroxylation sites is 1. The van der Waals surface area contributed by atoms with E-state index in [1.54, 1.807) is 18.3 Å². The molecule has 26 heavy (non-hydrogen) atoms. The van der Waals surface area contributed by atoms with E-state index >= 15 is 0 Å². The van der Waals surface area contributed by atoms with Crippen molar-refractivity contribution in [1.29, 1.82) is 0 Å². The Bertz CT molecular complexity index is 1050. The van der Waals surface area contributed by atoms with Crippen LogP contribution in [0.25, 0.3) is 22.4 Å². The summed E-state index contributed by atoms with van der Waals surface area (Å²) in [6.07, 6.45) is 0.972. The summed E-state index contributed by atoms with van der Waals surface area (Å²) in [6, 6.07) is 15.6. The van der Waals surface area contributed by atoms with Gasteiger partial charge in [0.2, 0.25) is 5.91 Å². The van der Waals surface area contributed by atoms with Gasteiger partial charge in [0.25, 0.3) is 0 Å². The number of rotatable bonds is 5. The van der Waals surface area contributed by atoms with Gasteiger partial charge in [-0.3, -0.25) is 4.79 Å². The Labute approximate surface area is 154 Å². The van der Waals surface area contributed by atoms with Crippen molar-refractivity contribution in [3.63, 3.8) is 0 Å². The summed E-state index contributed by atoms with van der Waals surface area (Å²) in [6.45, 7) is 1.79. The minimum atomic E-state index is -0.0667. The summed E-state index contributed by atoms with van der Waals surface area (Å²) < 4.78 is 5.58. The molecule has 0 saturated carbocycles. The lowest BCUT2D eigenvalue weighted by Crippen LogP contribution is -2.12. The molecule has 0 fully saturated rings. The molecule has 6 heteroatoms. The van der Waals surface area contributed by atoms with E-state index in [4.69, 9.17) is 4.42 Å². The van der Waals surface area contributed by atoms with E-state index in [1.165, 1.54) is 0 Å².